The Hall–Kier alpha value is -2.25. The third-order valence-electron chi connectivity index (χ3n) is 3.69. The van der Waals surface area contributed by atoms with Gasteiger partial charge in [-0.25, -0.2) is 4.98 Å². The fourth-order valence-electron chi connectivity index (χ4n) is 2.27. The van der Waals surface area contributed by atoms with Crippen LogP contribution < -0.4 is 10.2 Å². The van der Waals surface area contributed by atoms with Crippen LogP contribution in [-0.4, -0.2) is 15.5 Å². The Balaban J connectivity index is 1.69. The van der Waals surface area contributed by atoms with Crippen LogP contribution in [-0.2, 0) is 17.8 Å². The number of rotatable bonds is 5. The van der Waals surface area contributed by atoms with Crippen molar-refractivity contribution in [2.24, 2.45) is 0 Å². The highest BCUT2D eigenvalue weighted by Gasteiger charge is 2.11. The van der Waals surface area contributed by atoms with Crippen molar-refractivity contribution >= 4 is 33.7 Å². The lowest BCUT2D eigenvalue weighted by Crippen LogP contribution is -2.25. The molecule has 0 radical (unpaired) electrons. The van der Waals surface area contributed by atoms with E-state index in [-0.39, 0.29) is 17.3 Å². The maximum atomic E-state index is 12.1. The zero-order chi connectivity index (χ0) is 17.1. The van der Waals surface area contributed by atoms with E-state index in [0.29, 0.717) is 5.13 Å². The molecule has 124 valence electrons. The summed E-state index contributed by atoms with van der Waals surface area (Å²) in [5.41, 5.74) is 3.92. The lowest BCUT2D eigenvalue weighted by molar-refractivity contribution is -0.116. The molecule has 0 atom stereocenters. The van der Waals surface area contributed by atoms with Gasteiger partial charge in [-0.2, -0.15) is 0 Å². The third-order valence-corrected chi connectivity index (χ3v) is 5.33. The van der Waals surface area contributed by atoms with Gasteiger partial charge in [0.2, 0.25) is 5.91 Å². The van der Waals surface area contributed by atoms with Gasteiger partial charge in [-0.3, -0.25) is 14.2 Å². The Kier molecular flexibility index (Phi) is 4.92. The summed E-state index contributed by atoms with van der Waals surface area (Å²) < 4.78 is 1.46. The average Bonchev–Trinajstić information content (AvgIpc) is 3.17. The van der Waals surface area contributed by atoms with E-state index in [1.807, 2.05) is 24.4 Å². The number of aromatic nitrogens is 2. The second-order valence-electron chi connectivity index (χ2n) is 5.37. The van der Waals surface area contributed by atoms with Crippen molar-refractivity contribution in [2.45, 2.75) is 26.8 Å². The topological polar surface area (TPSA) is 64.0 Å². The van der Waals surface area contributed by atoms with E-state index in [4.69, 9.17) is 0 Å². The van der Waals surface area contributed by atoms with Gasteiger partial charge >= 0.3 is 4.87 Å². The minimum atomic E-state index is -0.249. The van der Waals surface area contributed by atoms with Crippen molar-refractivity contribution in [3.05, 3.63) is 56.0 Å². The molecule has 0 saturated carbocycles. The van der Waals surface area contributed by atoms with Crippen LogP contribution in [0.1, 0.15) is 18.2 Å². The lowest BCUT2D eigenvalue weighted by Gasteiger charge is -2.04. The van der Waals surface area contributed by atoms with E-state index < -0.39 is 0 Å². The molecular formula is C17H17N3O2S2. The number of amides is 1. The van der Waals surface area contributed by atoms with Gasteiger partial charge in [-0.05, 0) is 18.9 Å². The highest BCUT2D eigenvalue weighted by atomic mass is 32.1. The Labute approximate surface area is 147 Å². The van der Waals surface area contributed by atoms with E-state index in [9.17, 15) is 9.59 Å². The maximum Gasteiger partial charge on any atom is 0.307 e. The fourth-order valence-corrected chi connectivity index (χ4v) is 3.74. The molecule has 0 fully saturated rings. The first-order chi connectivity index (χ1) is 11.6. The largest absolute Gasteiger partial charge is 0.307 e. The summed E-state index contributed by atoms with van der Waals surface area (Å²) in [6.45, 7) is 3.94. The van der Waals surface area contributed by atoms with E-state index in [1.165, 1.54) is 21.5 Å². The Bertz CT molecular complexity index is 907. The minimum absolute atomic E-state index is 0.00821. The van der Waals surface area contributed by atoms with Crippen LogP contribution in [0.2, 0.25) is 0 Å². The van der Waals surface area contributed by atoms with Gasteiger partial charge in [-0.15, -0.1) is 11.3 Å². The Morgan fingerprint density at radius 3 is 2.58 bits per heavy atom. The number of carbonyl (C=O) groups excluding carboxylic acids is 1. The van der Waals surface area contributed by atoms with Crippen LogP contribution in [0.25, 0.3) is 11.3 Å². The van der Waals surface area contributed by atoms with Gasteiger partial charge in [0.15, 0.2) is 5.13 Å². The van der Waals surface area contributed by atoms with Gasteiger partial charge in [-0.1, -0.05) is 42.5 Å². The number of hydrogen-bond acceptors (Lipinski definition) is 5. The van der Waals surface area contributed by atoms with Gasteiger partial charge in [0.1, 0.15) is 6.54 Å². The zero-order valence-electron chi connectivity index (χ0n) is 13.4. The molecule has 0 spiro atoms. The van der Waals surface area contributed by atoms with Crippen LogP contribution in [0.4, 0.5) is 5.13 Å². The smallest absolute Gasteiger partial charge is 0.300 e. The molecule has 3 rings (SSSR count). The number of anilines is 1. The van der Waals surface area contributed by atoms with Crippen molar-refractivity contribution in [3.8, 4) is 11.3 Å². The zero-order valence-corrected chi connectivity index (χ0v) is 15.0. The summed E-state index contributed by atoms with van der Waals surface area (Å²) >= 11 is 2.47. The SMILES string of the molecule is CCc1ccc(-c2csc(NC(=O)Cn3c(C)csc3=O)n2)cc1. The number of thiazole rings is 2. The van der Waals surface area contributed by atoms with Gasteiger partial charge in [0.25, 0.3) is 0 Å². The summed E-state index contributed by atoms with van der Waals surface area (Å²) in [7, 11) is 0. The molecule has 0 bridgehead atoms. The number of benzene rings is 1. The van der Waals surface area contributed by atoms with Gasteiger partial charge < -0.3 is 5.32 Å². The quantitative estimate of drug-likeness (QED) is 0.758. The molecule has 1 N–H and O–H groups in total. The molecule has 5 nitrogen and oxygen atoms in total. The lowest BCUT2D eigenvalue weighted by atomic mass is 10.1. The molecule has 0 aliphatic heterocycles. The second-order valence-corrected chi connectivity index (χ2v) is 7.04. The first-order valence-corrected chi connectivity index (χ1v) is 9.32. The van der Waals surface area contributed by atoms with Crippen LogP contribution in [0, 0.1) is 6.92 Å². The molecule has 0 unspecified atom stereocenters. The molecule has 24 heavy (non-hydrogen) atoms. The predicted octanol–water partition coefficient (Wildman–Crippen LogP) is 3.54. The first-order valence-electron chi connectivity index (χ1n) is 7.56. The molecule has 1 amide bonds. The van der Waals surface area contributed by atoms with E-state index in [2.05, 4.69) is 29.4 Å². The third kappa shape index (κ3) is 3.63. The van der Waals surface area contributed by atoms with Crippen molar-refractivity contribution in [1.82, 2.24) is 9.55 Å². The molecule has 2 aromatic heterocycles. The van der Waals surface area contributed by atoms with E-state index in [1.54, 1.807) is 5.38 Å². The van der Waals surface area contributed by atoms with Crippen molar-refractivity contribution in [1.29, 1.82) is 0 Å². The maximum absolute atomic E-state index is 12.1. The summed E-state index contributed by atoms with van der Waals surface area (Å²) in [4.78, 5) is 28.1. The van der Waals surface area contributed by atoms with Crippen molar-refractivity contribution in [3.63, 3.8) is 0 Å². The first kappa shape index (κ1) is 16.6. The molecule has 2 heterocycles. The van der Waals surface area contributed by atoms with Crippen LogP contribution in [0.5, 0.6) is 0 Å². The number of aryl methyl sites for hydroxylation is 2. The fraction of sp³-hybridized carbons (Fsp3) is 0.235. The van der Waals surface area contributed by atoms with Crippen molar-refractivity contribution < 1.29 is 4.79 Å². The number of hydrogen-bond donors (Lipinski definition) is 1. The van der Waals surface area contributed by atoms with Crippen LogP contribution >= 0.6 is 22.7 Å². The van der Waals surface area contributed by atoms with E-state index >= 15 is 0 Å². The molecule has 7 heteroatoms. The summed E-state index contributed by atoms with van der Waals surface area (Å²) in [6.07, 6.45) is 1.00. The Morgan fingerprint density at radius 1 is 1.21 bits per heavy atom. The van der Waals surface area contributed by atoms with Gasteiger partial charge in [0.05, 0.1) is 5.69 Å². The molecular weight excluding hydrogens is 342 g/mol. The number of carbonyl (C=O) groups is 1. The minimum Gasteiger partial charge on any atom is -0.300 e. The van der Waals surface area contributed by atoms with E-state index in [0.717, 1.165) is 34.7 Å². The van der Waals surface area contributed by atoms with Gasteiger partial charge in [0, 0.05) is 22.0 Å². The molecule has 0 aliphatic rings. The van der Waals surface area contributed by atoms with Crippen LogP contribution in [0.3, 0.4) is 0 Å². The summed E-state index contributed by atoms with van der Waals surface area (Å²) in [6, 6.07) is 8.24. The highest BCUT2D eigenvalue weighted by Crippen LogP contribution is 2.25. The summed E-state index contributed by atoms with van der Waals surface area (Å²) in [5, 5.41) is 6.96. The van der Waals surface area contributed by atoms with Crippen molar-refractivity contribution in [2.75, 3.05) is 5.32 Å². The highest BCUT2D eigenvalue weighted by molar-refractivity contribution is 7.14. The second kappa shape index (κ2) is 7.11. The molecule has 1 aromatic carbocycles. The molecule has 0 aliphatic carbocycles. The number of nitrogens with zero attached hydrogens (tertiary/aromatic N) is 2. The number of nitrogens with one attached hydrogen (secondary N) is 1. The molecule has 3 aromatic rings. The Morgan fingerprint density at radius 2 is 1.96 bits per heavy atom. The monoisotopic (exact) mass is 359 g/mol. The molecule has 0 saturated heterocycles. The average molecular weight is 359 g/mol. The predicted molar refractivity (Wildman–Crippen MR) is 98.9 cm³/mol. The van der Waals surface area contributed by atoms with Crippen LogP contribution in [0.15, 0.2) is 39.8 Å². The standard InChI is InChI=1S/C17H17N3O2S2/c1-3-12-4-6-13(7-5-12)14-10-23-16(18-14)19-15(21)8-20-11(2)9-24-17(20)22/h4-7,9-10H,3,8H2,1-2H3,(H,18,19,21). The summed E-state index contributed by atoms with van der Waals surface area (Å²) in [5.74, 6) is -0.249. The normalized spacial score (nSPS) is 10.8.